The number of carbonyl (C=O) groups excluding carboxylic acids is 2. The number of nitro groups is 1. The van der Waals surface area contributed by atoms with Crippen LogP contribution >= 0.6 is 15.9 Å². The SMILES string of the molecule is COc1ccc(/C=C(\C#N)C(=O)O[C@H](C(=O)Nc2ccc([N+](=O)[O-])cc2Br)c2ccccc2)cc1. The number of carbonyl (C=O) groups is 2. The van der Waals surface area contributed by atoms with Crippen molar-refractivity contribution in [3.8, 4) is 11.8 Å². The molecule has 1 amide bonds. The van der Waals surface area contributed by atoms with Crippen molar-refractivity contribution in [1.82, 2.24) is 0 Å². The van der Waals surface area contributed by atoms with Crippen molar-refractivity contribution >= 4 is 45.3 Å². The molecule has 3 aromatic rings. The predicted octanol–water partition coefficient (Wildman–Crippen LogP) is 5.20. The van der Waals surface area contributed by atoms with Crippen molar-refractivity contribution in [2.45, 2.75) is 6.10 Å². The van der Waals surface area contributed by atoms with Crippen LogP contribution in [0.1, 0.15) is 17.2 Å². The second-order valence-electron chi connectivity index (χ2n) is 7.05. The zero-order valence-electron chi connectivity index (χ0n) is 18.3. The number of hydrogen-bond acceptors (Lipinski definition) is 7. The highest BCUT2D eigenvalue weighted by Crippen LogP contribution is 2.29. The van der Waals surface area contributed by atoms with Crippen LogP contribution in [0.3, 0.4) is 0 Å². The largest absolute Gasteiger partial charge is 0.497 e. The minimum absolute atomic E-state index is 0.164. The topological polar surface area (TPSA) is 132 Å². The Morgan fingerprint density at radius 2 is 1.80 bits per heavy atom. The number of ether oxygens (including phenoxy) is 2. The summed E-state index contributed by atoms with van der Waals surface area (Å²) < 4.78 is 10.8. The van der Waals surface area contributed by atoms with Gasteiger partial charge >= 0.3 is 5.97 Å². The number of nitro benzene ring substituents is 1. The quantitative estimate of drug-likeness (QED) is 0.138. The van der Waals surface area contributed by atoms with Crippen LogP contribution in [-0.4, -0.2) is 23.9 Å². The lowest BCUT2D eigenvalue weighted by Gasteiger charge is -2.18. The lowest BCUT2D eigenvalue weighted by atomic mass is 10.1. The summed E-state index contributed by atoms with van der Waals surface area (Å²) in [5.41, 5.74) is 0.712. The Bertz CT molecular complexity index is 1320. The van der Waals surface area contributed by atoms with Crippen LogP contribution in [0.2, 0.25) is 0 Å². The van der Waals surface area contributed by atoms with E-state index in [4.69, 9.17) is 9.47 Å². The first-order chi connectivity index (χ1) is 16.8. The first kappa shape index (κ1) is 25.1. The maximum Gasteiger partial charge on any atom is 0.350 e. The number of halogens is 1. The van der Waals surface area contributed by atoms with Gasteiger partial charge in [0.05, 0.1) is 17.7 Å². The summed E-state index contributed by atoms with van der Waals surface area (Å²) in [7, 11) is 1.52. The number of non-ortho nitro benzene ring substituents is 1. The van der Waals surface area contributed by atoms with E-state index in [0.717, 1.165) is 0 Å². The summed E-state index contributed by atoms with van der Waals surface area (Å²) in [6.45, 7) is 0. The third-order valence-electron chi connectivity index (χ3n) is 4.75. The highest BCUT2D eigenvalue weighted by molar-refractivity contribution is 9.10. The molecular weight excluding hydrogens is 518 g/mol. The average Bonchev–Trinajstić information content (AvgIpc) is 2.87. The summed E-state index contributed by atoms with van der Waals surface area (Å²) in [6.07, 6.45) is -0.0484. The highest BCUT2D eigenvalue weighted by atomic mass is 79.9. The molecule has 0 saturated heterocycles. The van der Waals surface area contributed by atoms with Gasteiger partial charge in [-0.3, -0.25) is 14.9 Å². The molecule has 0 bridgehead atoms. The average molecular weight is 536 g/mol. The zero-order chi connectivity index (χ0) is 25.4. The van der Waals surface area contributed by atoms with Crippen LogP contribution in [0.5, 0.6) is 5.75 Å². The Morgan fingerprint density at radius 1 is 1.11 bits per heavy atom. The van der Waals surface area contributed by atoms with Gasteiger partial charge in [0, 0.05) is 22.2 Å². The normalized spacial score (nSPS) is 11.6. The number of rotatable bonds is 8. The third-order valence-corrected chi connectivity index (χ3v) is 5.41. The van der Waals surface area contributed by atoms with Crippen molar-refractivity contribution in [2.24, 2.45) is 0 Å². The number of anilines is 1. The lowest BCUT2D eigenvalue weighted by Crippen LogP contribution is -2.26. The predicted molar refractivity (Wildman–Crippen MR) is 131 cm³/mol. The van der Waals surface area contributed by atoms with Crippen molar-refractivity contribution in [3.63, 3.8) is 0 Å². The van der Waals surface area contributed by atoms with Crippen LogP contribution in [0.25, 0.3) is 6.08 Å². The standard InChI is InChI=1S/C25H18BrN3O6/c1-34-20-10-7-16(8-11-20)13-18(15-27)25(31)35-23(17-5-3-2-4-6-17)24(30)28-22-12-9-19(29(32)33)14-21(22)26/h2-14,23H,1H3,(H,28,30)/b18-13+/t23-/m0/s1. The fraction of sp³-hybridized carbons (Fsp3) is 0.0800. The molecule has 3 aromatic carbocycles. The summed E-state index contributed by atoms with van der Waals surface area (Å²) in [6, 6.07) is 20.6. The second-order valence-corrected chi connectivity index (χ2v) is 7.90. The third kappa shape index (κ3) is 6.52. The number of methoxy groups -OCH3 is 1. The first-order valence-electron chi connectivity index (χ1n) is 10.1. The van der Waals surface area contributed by atoms with Gasteiger partial charge in [-0.2, -0.15) is 5.26 Å². The molecule has 1 atom stereocenters. The molecule has 3 rings (SSSR count). The molecular formula is C25H18BrN3O6. The molecule has 35 heavy (non-hydrogen) atoms. The van der Waals surface area contributed by atoms with E-state index in [1.165, 1.54) is 31.4 Å². The number of nitrogens with zero attached hydrogens (tertiary/aromatic N) is 2. The number of nitrogens with one attached hydrogen (secondary N) is 1. The van der Waals surface area contributed by atoms with Gasteiger partial charge in [-0.05, 0) is 45.8 Å². The molecule has 0 radical (unpaired) electrons. The second kappa shape index (κ2) is 11.6. The smallest absolute Gasteiger partial charge is 0.350 e. The van der Waals surface area contributed by atoms with Gasteiger partial charge in [-0.15, -0.1) is 0 Å². The molecule has 1 N–H and O–H groups in total. The van der Waals surface area contributed by atoms with Crippen molar-refractivity contribution in [1.29, 1.82) is 5.26 Å². The molecule has 0 saturated carbocycles. The van der Waals surface area contributed by atoms with Crippen molar-refractivity contribution in [2.75, 3.05) is 12.4 Å². The number of esters is 1. The lowest BCUT2D eigenvalue weighted by molar-refractivity contribution is -0.384. The molecule has 0 fully saturated rings. The maximum atomic E-state index is 13.1. The van der Waals surface area contributed by atoms with Crippen LogP contribution in [0.4, 0.5) is 11.4 Å². The molecule has 0 aliphatic heterocycles. The van der Waals surface area contributed by atoms with Gasteiger partial charge in [-0.1, -0.05) is 42.5 Å². The first-order valence-corrected chi connectivity index (χ1v) is 10.9. The summed E-state index contributed by atoms with van der Waals surface area (Å²) in [5, 5.41) is 23.1. The van der Waals surface area contributed by atoms with E-state index in [1.807, 2.05) is 0 Å². The van der Waals surface area contributed by atoms with Crippen LogP contribution in [0.15, 0.2) is 82.8 Å². The van der Waals surface area contributed by atoms with E-state index in [2.05, 4.69) is 21.2 Å². The molecule has 176 valence electrons. The van der Waals surface area contributed by atoms with Gasteiger partial charge in [0.2, 0.25) is 6.10 Å². The molecule has 0 aliphatic rings. The fourth-order valence-corrected chi connectivity index (χ4v) is 3.46. The summed E-state index contributed by atoms with van der Waals surface area (Å²) in [4.78, 5) is 36.3. The van der Waals surface area contributed by atoms with E-state index in [1.54, 1.807) is 60.7 Å². The van der Waals surface area contributed by atoms with E-state index in [9.17, 15) is 25.0 Å². The Hall–Kier alpha value is -4.49. The number of benzene rings is 3. The van der Waals surface area contributed by atoms with Crippen molar-refractivity contribution in [3.05, 3.63) is 104 Å². The monoisotopic (exact) mass is 535 g/mol. The number of hydrogen-bond donors (Lipinski definition) is 1. The fourth-order valence-electron chi connectivity index (χ4n) is 2.99. The van der Waals surface area contributed by atoms with E-state index in [-0.39, 0.29) is 21.4 Å². The van der Waals surface area contributed by atoms with E-state index < -0.39 is 22.9 Å². The molecule has 0 unspecified atom stereocenters. The Balaban J connectivity index is 1.86. The molecule has 0 aliphatic carbocycles. The van der Waals surface area contributed by atoms with Gasteiger partial charge in [0.25, 0.3) is 11.6 Å². The van der Waals surface area contributed by atoms with E-state index in [0.29, 0.717) is 16.9 Å². The van der Waals surface area contributed by atoms with Crippen molar-refractivity contribution < 1.29 is 24.0 Å². The van der Waals surface area contributed by atoms with Crippen LogP contribution in [0, 0.1) is 21.4 Å². The zero-order valence-corrected chi connectivity index (χ0v) is 19.9. The van der Waals surface area contributed by atoms with Gasteiger partial charge in [0.1, 0.15) is 17.4 Å². The summed E-state index contributed by atoms with van der Waals surface area (Å²) in [5.74, 6) is -1.09. The molecule has 0 aromatic heterocycles. The maximum absolute atomic E-state index is 13.1. The van der Waals surface area contributed by atoms with Gasteiger partial charge < -0.3 is 14.8 Å². The van der Waals surface area contributed by atoms with Gasteiger partial charge in [-0.25, -0.2) is 4.79 Å². The minimum atomic E-state index is -1.39. The molecule has 0 heterocycles. The van der Waals surface area contributed by atoms with Crippen LogP contribution < -0.4 is 10.1 Å². The van der Waals surface area contributed by atoms with Gasteiger partial charge in [0.15, 0.2) is 0 Å². The van der Waals surface area contributed by atoms with E-state index >= 15 is 0 Å². The summed E-state index contributed by atoms with van der Waals surface area (Å²) >= 11 is 3.19. The Labute approximate surface area is 208 Å². The molecule has 10 heteroatoms. The Kier molecular flexibility index (Phi) is 8.32. The Morgan fingerprint density at radius 3 is 2.37 bits per heavy atom. The number of amides is 1. The molecule has 9 nitrogen and oxygen atoms in total. The minimum Gasteiger partial charge on any atom is -0.497 e. The highest BCUT2D eigenvalue weighted by Gasteiger charge is 2.27. The number of nitriles is 1. The van der Waals surface area contributed by atoms with Crippen LogP contribution in [-0.2, 0) is 14.3 Å². The molecule has 0 spiro atoms.